The Morgan fingerprint density at radius 1 is 1.35 bits per heavy atom. The van der Waals surface area contributed by atoms with Gasteiger partial charge >= 0.3 is 6.03 Å². The third-order valence-electron chi connectivity index (χ3n) is 3.09. The summed E-state index contributed by atoms with van der Waals surface area (Å²) >= 11 is 0. The van der Waals surface area contributed by atoms with Crippen LogP contribution < -0.4 is 5.32 Å². The third kappa shape index (κ3) is 3.38. The van der Waals surface area contributed by atoms with Gasteiger partial charge in [-0.3, -0.25) is 0 Å². The molecule has 5 heteroatoms. The van der Waals surface area contributed by atoms with Crippen LogP contribution in [0.15, 0.2) is 42.7 Å². The molecule has 0 saturated heterocycles. The normalized spacial score (nSPS) is 10.3. The number of amides is 2. The predicted molar refractivity (Wildman–Crippen MR) is 80.1 cm³/mol. The van der Waals surface area contributed by atoms with Gasteiger partial charge in [-0.15, -0.1) is 0 Å². The summed E-state index contributed by atoms with van der Waals surface area (Å²) in [5.41, 5.74) is 1.61. The minimum atomic E-state index is -0.0990. The number of rotatable bonds is 5. The van der Waals surface area contributed by atoms with Crippen molar-refractivity contribution >= 4 is 11.7 Å². The van der Waals surface area contributed by atoms with E-state index in [1.54, 1.807) is 15.8 Å². The maximum Gasteiger partial charge on any atom is 0.321 e. The zero-order valence-electron chi connectivity index (χ0n) is 11.9. The quantitative estimate of drug-likeness (QED) is 0.909. The Morgan fingerprint density at radius 3 is 2.85 bits per heavy atom. The molecule has 1 N–H and O–H groups in total. The van der Waals surface area contributed by atoms with Gasteiger partial charge in [0.05, 0.1) is 11.4 Å². The number of hydrogen-bond donors (Lipinski definition) is 1. The molecule has 0 radical (unpaired) electrons. The number of nitrogens with zero attached hydrogens (tertiary/aromatic N) is 3. The lowest BCUT2D eigenvalue weighted by Gasteiger charge is -2.19. The van der Waals surface area contributed by atoms with Crippen LogP contribution in [0, 0.1) is 0 Å². The maximum absolute atomic E-state index is 12.1. The van der Waals surface area contributed by atoms with Gasteiger partial charge in [-0.2, -0.15) is 5.10 Å². The van der Waals surface area contributed by atoms with Crippen molar-refractivity contribution in [1.29, 1.82) is 0 Å². The third-order valence-corrected chi connectivity index (χ3v) is 3.09. The van der Waals surface area contributed by atoms with Gasteiger partial charge in [-0.1, -0.05) is 25.5 Å². The molecular weight excluding hydrogens is 252 g/mol. The Hall–Kier alpha value is -2.30. The minimum absolute atomic E-state index is 0.0990. The average molecular weight is 272 g/mol. The number of carbonyl (C=O) groups is 1. The molecule has 0 aliphatic carbocycles. The average Bonchev–Trinajstić information content (AvgIpc) is 2.99. The number of urea groups is 1. The van der Waals surface area contributed by atoms with Gasteiger partial charge in [0.2, 0.25) is 0 Å². The highest BCUT2D eigenvalue weighted by Gasteiger charge is 2.11. The van der Waals surface area contributed by atoms with Crippen molar-refractivity contribution in [3.05, 3.63) is 42.7 Å². The summed E-state index contributed by atoms with van der Waals surface area (Å²) in [6, 6.07) is 9.38. The highest BCUT2D eigenvalue weighted by Crippen LogP contribution is 2.19. The summed E-state index contributed by atoms with van der Waals surface area (Å²) in [7, 11) is 1.81. The Labute approximate surface area is 119 Å². The van der Waals surface area contributed by atoms with Crippen LogP contribution in [-0.4, -0.2) is 34.3 Å². The highest BCUT2D eigenvalue weighted by atomic mass is 16.2. The predicted octanol–water partition coefficient (Wildman–Crippen LogP) is 3.14. The van der Waals surface area contributed by atoms with Crippen molar-refractivity contribution in [1.82, 2.24) is 14.7 Å². The molecule has 2 rings (SSSR count). The summed E-state index contributed by atoms with van der Waals surface area (Å²) < 4.78 is 1.74. The van der Waals surface area contributed by atoms with Gasteiger partial charge in [-0.05, 0) is 24.6 Å². The second kappa shape index (κ2) is 6.75. The van der Waals surface area contributed by atoms with Crippen LogP contribution in [0.1, 0.15) is 19.8 Å². The molecule has 1 aromatic carbocycles. The van der Waals surface area contributed by atoms with E-state index < -0.39 is 0 Å². The van der Waals surface area contributed by atoms with Gasteiger partial charge < -0.3 is 10.2 Å². The number of aromatic nitrogens is 2. The van der Waals surface area contributed by atoms with Crippen molar-refractivity contribution in [2.24, 2.45) is 0 Å². The molecule has 5 nitrogen and oxygen atoms in total. The summed E-state index contributed by atoms with van der Waals surface area (Å²) in [6.45, 7) is 2.87. The SMILES string of the molecule is CCCCN(C)C(=O)Nc1ccccc1-n1cccn1. The van der Waals surface area contributed by atoms with Gasteiger partial charge in [-0.25, -0.2) is 9.48 Å². The van der Waals surface area contributed by atoms with Crippen molar-refractivity contribution < 1.29 is 4.79 Å². The lowest BCUT2D eigenvalue weighted by Crippen LogP contribution is -2.32. The molecule has 0 aliphatic heterocycles. The van der Waals surface area contributed by atoms with Crippen LogP contribution in [0.25, 0.3) is 5.69 Å². The zero-order valence-corrected chi connectivity index (χ0v) is 11.9. The molecule has 0 unspecified atom stereocenters. The fraction of sp³-hybridized carbons (Fsp3) is 0.333. The van der Waals surface area contributed by atoms with Crippen LogP contribution >= 0.6 is 0 Å². The number of unbranched alkanes of at least 4 members (excludes halogenated alkanes) is 1. The molecule has 1 aromatic heterocycles. The first-order valence-electron chi connectivity index (χ1n) is 6.83. The van der Waals surface area contributed by atoms with Crippen LogP contribution in [-0.2, 0) is 0 Å². The standard InChI is InChI=1S/C15H20N4O/c1-3-4-11-18(2)15(20)17-13-8-5-6-9-14(13)19-12-7-10-16-19/h5-10,12H,3-4,11H2,1-2H3,(H,17,20). The van der Waals surface area contributed by atoms with E-state index in [0.717, 1.165) is 30.8 Å². The number of carbonyl (C=O) groups excluding carboxylic acids is 1. The van der Waals surface area contributed by atoms with E-state index in [0.29, 0.717) is 0 Å². The van der Waals surface area contributed by atoms with Crippen LogP contribution in [0.2, 0.25) is 0 Å². The number of para-hydroxylation sites is 2. The van der Waals surface area contributed by atoms with Crippen LogP contribution in [0.3, 0.4) is 0 Å². The number of nitrogens with one attached hydrogen (secondary N) is 1. The molecule has 106 valence electrons. The van der Waals surface area contributed by atoms with E-state index in [-0.39, 0.29) is 6.03 Å². The first-order chi connectivity index (χ1) is 9.72. The first kappa shape index (κ1) is 14.1. The van der Waals surface area contributed by atoms with E-state index in [1.165, 1.54) is 0 Å². The van der Waals surface area contributed by atoms with E-state index in [2.05, 4.69) is 17.3 Å². The Morgan fingerprint density at radius 2 is 2.15 bits per heavy atom. The molecule has 1 heterocycles. The van der Waals surface area contributed by atoms with Crippen molar-refractivity contribution in [2.75, 3.05) is 18.9 Å². The molecular formula is C15H20N4O. The van der Waals surface area contributed by atoms with E-state index in [9.17, 15) is 4.79 Å². The van der Waals surface area contributed by atoms with E-state index in [4.69, 9.17) is 0 Å². The lowest BCUT2D eigenvalue weighted by atomic mass is 10.2. The summed E-state index contributed by atoms with van der Waals surface area (Å²) in [6.07, 6.45) is 5.64. The second-order valence-electron chi connectivity index (χ2n) is 4.67. The lowest BCUT2D eigenvalue weighted by molar-refractivity contribution is 0.222. The largest absolute Gasteiger partial charge is 0.328 e. The van der Waals surface area contributed by atoms with Crippen molar-refractivity contribution in [3.8, 4) is 5.69 Å². The molecule has 0 spiro atoms. The first-order valence-corrected chi connectivity index (χ1v) is 6.83. The molecule has 0 bridgehead atoms. The number of hydrogen-bond acceptors (Lipinski definition) is 2. The fourth-order valence-electron chi connectivity index (χ4n) is 1.90. The summed E-state index contributed by atoms with van der Waals surface area (Å²) in [5, 5.41) is 7.13. The molecule has 0 fully saturated rings. The molecule has 0 saturated carbocycles. The molecule has 20 heavy (non-hydrogen) atoms. The Balaban J connectivity index is 2.12. The molecule has 2 aromatic rings. The smallest absolute Gasteiger partial charge is 0.321 e. The number of anilines is 1. The topological polar surface area (TPSA) is 50.2 Å². The highest BCUT2D eigenvalue weighted by molar-refractivity contribution is 5.91. The molecule has 2 amide bonds. The van der Waals surface area contributed by atoms with Crippen molar-refractivity contribution in [3.63, 3.8) is 0 Å². The summed E-state index contributed by atoms with van der Waals surface area (Å²) in [5.74, 6) is 0. The van der Waals surface area contributed by atoms with Crippen molar-refractivity contribution in [2.45, 2.75) is 19.8 Å². The summed E-state index contributed by atoms with van der Waals surface area (Å²) in [4.78, 5) is 13.8. The zero-order chi connectivity index (χ0) is 14.4. The van der Waals surface area contributed by atoms with Gasteiger partial charge in [0.25, 0.3) is 0 Å². The minimum Gasteiger partial charge on any atom is -0.328 e. The van der Waals surface area contributed by atoms with Gasteiger partial charge in [0.1, 0.15) is 0 Å². The molecule has 0 atom stereocenters. The Kier molecular flexibility index (Phi) is 4.76. The van der Waals surface area contributed by atoms with Gasteiger partial charge in [0.15, 0.2) is 0 Å². The maximum atomic E-state index is 12.1. The van der Waals surface area contributed by atoms with Crippen LogP contribution in [0.4, 0.5) is 10.5 Å². The number of benzene rings is 1. The fourth-order valence-corrected chi connectivity index (χ4v) is 1.90. The monoisotopic (exact) mass is 272 g/mol. The van der Waals surface area contributed by atoms with E-state index >= 15 is 0 Å². The Bertz CT molecular complexity index is 551. The second-order valence-corrected chi connectivity index (χ2v) is 4.67. The van der Waals surface area contributed by atoms with E-state index in [1.807, 2.05) is 43.6 Å². The molecule has 0 aliphatic rings. The van der Waals surface area contributed by atoms with Gasteiger partial charge in [0, 0.05) is 26.0 Å². The van der Waals surface area contributed by atoms with Crippen LogP contribution in [0.5, 0.6) is 0 Å².